The smallest absolute Gasteiger partial charge is 0.339 e. The summed E-state index contributed by atoms with van der Waals surface area (Å²) in [6, 6.07) is 4.20. The van der Waals surface area contributed by atoms with Crippen molar-refractivity contribution in [1.29, 1.82) is 0 Å². The number of methoxy groups -OCH3 is 1. The second-order valence-corrected chi connectivity index (χ2v) is 3.57. The summed E-state index contributed by atoms with van der Waals surface area (Å²) in [5.74, 6) is -0.669. The molecule has 0 atom stereocenters. The molecule has 0 saturated carbocycles. The fourth-order valence-electron chi connectivity index (χ4n) is 1.76. The molecule has 5 nitrogen and oxygen atoms in total. The number of carboxylic acids is 1. The zero-order valence-electron chi connectivity index (χ0n) is 9.31. The zero-order chi connectivity index (χ0) is 12.6. The summed E-state index contributed by atoms with van der Waals surface area (Å²) in [6.45, 7) is 1.70. The highest BCUT2D eigenvalue weighted by Crippen LogP contribution is 2.30. The lowest BCUT2D eigenvalue weighted by molar-refractivity contribution is 0.0697. The van der Waals surface area contributed by atoms with Crippen molar-refractivity contribution in [2.75, 3.05) is 7.11 Å². The number of carboxylic acid groups (broad SMARTS) is 1. The van der Waals surface area contributed by atoms with Crippen molar-refractivity contribution in [1.82, 2.24) is 0 Å². The molecular formula is C12H10O5. The molecule has 0 aliphatic carbocycles. The van der Waals surface area contributed by atoms with Crippen LogP contribution in [-0.2, 0) is 0 Å². The van der Waals surface area contributed by atoms with E-state index in [1.165, 1.54) is 19.2 Å². The summed E-state index contributed by atoms with van der Waals surface area (Å²) in [5.41, 5.74) is 0.0328. The molecule has 1 heterocycles. The minimum atomic E-state index is -1.15. The number of benzene rings is 1. The molecule has 1 N–H and O–H groups in total. The van der Waals surface area contributed by atoms with Crippen LogP contribution in [0.4, 0.5) is 0 Å². The maximum absolute atomic E-state index is 11.3. The van der Waals surface area contributed by atoms with Crippen LogP contribution in [0, 0.1) is 6.92 Å². The van der Waals surface area contributed by atoms with Crippen molar-refractivity contribution in [2.24, 2.45) is 0 Å². The van der Waals surface area contributed by atoms with Crippen LogP contribution in [0.25, 0.3) is 11.0 Å². The third kappa shape index (κ3) is 1.75. The number of hydrogen-bond acceptors (Lipinski definition) is 4. The molecule has 1 aromatic carbocycles. The van der Waals surface area contributed by atoms with E-state index in [2.05, 4.69) is 0 Å². The van der Waals surface area contributed by atoms with E-state index in [-0.39, 0.29) is 11.1 Å². The summed E-state index contributed by atoms with van der Waals surface area (Å²) in [7, 11) is 1.47. The number of ether oxygens (including phenoxy) is 1. The Morgan fingerprint density at radius 2 is 2.12 bits per heavy atom. The number of aryl methyl sites for hydroxylation is 1. The second-order valence-electron chi connectivity index (χ2n) is 3.57. The van der Waals surface area contributed by atoms with E-state index in [9.17, 15) is 9.59 Å². The first-order valence-corrected chi connectivity index (χ1v) is 4.89. The normalized spacial score (nSPS) is 10.5. The van der Waals surface area contributed by atoms with Gasteiger partial charge in [0, 0.05) is 6.07 Å². The van der Waals surface area contributed by atoms with Crippen molar-refractivity contribution in [3.8, 4) is 5.75 Å². The molecular weight excluding hydrogens is 224 g/mol. The van der Waals surface area contributed by atoms with Gasteiger partial charge >= 0.3 is 11.6 Å². The predicted molar refractivity (Wildman–Crippen MR) is 60.7 cm³/mol. The lowest BCUT2D eigenvalue weighted by Gasteiger charge is -2.08. The van der Waals surface area contributed by atoms with E-state index in [0.29, 0.717) is 16.7 Å². The highest BCUT2D eigenvalue weighted by Gasteiger charge is 2.16. The summed E-state index contributed by atoms with van der Waals surface area (Å²) in [6.07, 6.45) is 0. The van der Waals surface area contributed by atoms with Crippen molar-refractivity contribution < 1.29 is 19.1 Å². The Bertz CT molecular complexity index is 654. The molecule has 0 aliphatic rings. The molecule has 0 bridgehead atoms. The molecule has 2 rings (SSSR count). The number of aromatic carboxylic acids is 1. The van der Waals surface area contributed by atoms with Crippen LogP contribution in [0.3, 0.4) is 0 Å². The maximum atomic E-state index is 11.3. The molecule has 5 heteroatoms. The fourth-order valence-corrected chi connectivity index (χ4v) is 1.76. The van der Waals surface area contributed by atoms with Gasteiger partial charge < -0.3 is 14.3 Å². The first-order valence-electron chi connectivity index (χ1n) is 4.89. The van der Waals surface area contributed by atoms with Gasteiger partial charge in [-0.05, 0) is 24.6 Å². The Kier molecular flexibility index (Phi) is 2.59. The van der Waals surface area contributed by atoms with Gasteiger partial charge in [-0.15, -0.1) is 0 Å². The topological polar surface area (TPSA) is 76.7 Å². The summed E-state index contributed by atoms with van der Waals surface area (Å²) in [4.78, 5) is 22.3. The van der Waals surface area contributed by atoms with E-state index in [1.807, 2.05) is 0 Å². The first-order chi connectivity index (χ1) is 8.04. The molecule has 0 spiro atoms. The number of fused-ring (bicyclic) bond motifs is 1. The summed E-state index contributed by atoms with van der Waals surface area (Å²) in [5, 5.41) is 9.53. The number of rotatable bonds is 2. The molecule has 2 aromatic rings. The van der Waals surface area contributed by atoms with Crippen molar-refractivity contribution in [3.63, 3.8) is 0 Å². The average Bonchev–Trinajstić information content (AvgIpc) is 2.26. The number of carbonyl (C=O) groups is 1. The Morgan fingerprint density at radius 3 is 2.71 bits per heavy atom. The lowest BCUT2D eigenvalue weighted by Crippen LogP contribution is -2.04. The Hall–Kier alpha value is -2.30. The van der Waals surface area contributed by atoms with Gasteiger partial charge in [-0.1, -0.05) is 0 Å². The quantitative estimate of drug-likeness (QED) is 0.802. The molecule has 0 saturated heterocycles. The zero-order valence-corrected chi connectivity index (χ0v) is 9.31. The third-order valence-corrected chi connectivity index (χ3v) is 2.50. The second kappa shape index (κ2) is 3.93. The van der Waals surface area contributed by atoms with Crippen LogP contribution in [0.2, 0.25) is 0 Å². The largest absolute Gasteiger partial charge is 0.496 e. The highest BCUT2D eigenvalue weighted by atomic mass is 16.5. The molecule has 0 radical (unpaired) electrons. The first kappa shape index (κ1) is 11.2. The standard InChI is InChI=1S/C12H10O5/c1-6-5-9(13)17-11-7(12(14)15)3-4-8(16-2)10(6)11/h3-5H,1-2H3,(H,14,15). The van der Waals surface area contributed by atoms with Gasteiger partial charge in [0.2, 0.25) is 0 Å². The van der Waals surface area contributed by atoms with E-state index in [0.717, 1.165) is 0 Å². The van der Waals surface area contributed by atoms with Crippen LogP contribution in [0.15, 0.2) is 27.4 Å². The summed E-state index contributed by atoms with van der Waals surface area (Å²) >= 11 is 0. The Labute approximate surface area is 96.2 Å². The average molecular weight is 234 g/mol. The monoisotopic (exact) mass is 234 g/mol. The minimum absolute atomic E-state index is 0.0434. The van der Waals surface area contributed by atoms with Crippen molar-refractivity contribution in [3.05, 3.63) is 39.7 Å². The predicted octanol–water partition coefficient (Wildman–Crippen LogP) is 1.81. The van der Waals surface area contributed by atoms with E-state index >= 15 is 0 Å². The molecule has 0 aliphatic heterocycles. The van der Waals surface area contributed by atoms with Gasteiger partial charge in [-0.2, -0.15) is 0 Å². The fraction of sp³-hybridized carbons (Fsp3) is 0.167. The van der Waals surface area contributed by atoms with Gasteiger partial charge in [-0.25, -0.2) is 9.59 Å². The van der Waals surface area contributed by atoms with Crippen LogP contribution < -0.4 is 10.4 Å². The van der Waals surface area contributed by atoms with Crippen LogP contribution in [-0.4, -0.2) is 18.2 Å². The SMILES string of the molecule is COc1ccc(C(=O)O)c2oc(=O)cc(C)c12. The molecule has 0 amide bonds. The summed E-state index contributed by atoms with van der Waals surface area (Å²) < 4.78 is 10.1. The number of hydrogen-bond donors (Lipinski definition) is 1. The molecule has 17 heavy (non-hydrogen) atoms. The molecule has 88 valence electrons. The Morgan fingerprint density at radius 1 is 1.41 bits per heavy atom. The van der Waals surface area contributed by atoms with Gasteiger partial charge in [0.1, 0.15) is 11.3 Å². The van der Waals surface area contributed by atoms with E-state index < -0.39 is 11.6 Å². The lowest BCUT2D eigenvalue weighted by atomic mass is 10.1. The molecule has 0 unspecified atom stereocenters. The van der Waals surface area contributed by atoms with Crippen LogP contribution >= 0.6 is 0 Å². The van der Waals surface area contributed by atoms with Gasteiger partial charge in [-0.3, -0.25) is 0 Å². The van der Waals surface area contributed by atoms with Crippen molar-refractivity contribution >= 4 is 16.9 Å². The van der Waals surface area contributed by atoms with E-state index in [4.69, 9.17) is 14.3 Å². The van der Waals surface area contributed by atoms with Gasteiger partial charge in [0.15, 0.2) is 5.58 Å². The molecule has 1 aromatic heterocycles. The van der Waals surface area contributed by atoms with E-state index in [1.54, 1.807) is 13.0 Å². The maximum Gasteiger partial charge on any atom is 0.339 e. The highest BCUT2D eigenvalue weighted by molar-refractivity contribution is 6.03. The van der Waals surface area contributed by atoms with Crippen molar-refractivity contribution in [2.45, 2.75) is 6.92 Å². The molecule has 0 fully saturated rings. The van der Waals surface area contributed by atoms with Gasteiger partial charge in [0.25, 0.3) is 0 Å². The Balaban J connectivity index is 3.00. The van der Waals surface area contributed by atoms with Gasteiger partial charge in [0.05, 0.1) is 12.5 Å². The minimum Gasteiger partial charge on any atom is -0.496 e. The third-order valence-electron chi connectivity index (χ3n) is 2.50. The van der Waals surface area contributed by atoms with Crippen LogP contribution in [0.5, 0.6) is 5.75 Å². The van der Waals surface area contributed by atoms with Crippen LogP contribution in [0.1, 0.15) is 15.9 Å².